The average Bonchev–Trinajstić information content (AvgIpc) is 4.19. The molecule has 22 heteroatoms. The topological polar surface area (TPSA) is 174 Å². The van der Waals surface area contributed by atoms with Gasteiger partial charge in [-0.05, 0) is 78.9 Å². The van der Waals surface area contributed by atoms with Crippen LogP contribution in [0.4, 0.5) is 39.0 Å². The van der Waals surface area contributed by atoms with Gasteiger partial charge in [-0.3, -0.25) is 44.3 Å². The van der Waals surface area contributed by atoms with Crippen LogP contribution in [0.2, 0.25) is 0 Å². The number of likely N-dealkylation sites (tertiary alicyclic amines) is 1. The lowest BCUT2D eigenvalue weighted by atomic mass is 9.85. The second kappa shape index (κ2) is 17.6. The highest BCUT2D eigenvalue weighted by Gasteiger charge is 2.47. The molecule has 17 nitrogen and oxygen atoms in total. The third-order valence-corrected chi connectivity index (χ3v) is 14.8. The van der Waals surface area contributed by atoms with E-state index in [0.29, 0.717) is 60.1 Å². The summed E-state index contributed by atoms with van der Waals surface area (Å²) in [4.78, 5) is 82.2. The number of carbonyl (C=O) groups excluding carboxylic acids is 5. The Bertz CT molecular complexity index is 3100. The van der Waals surface area contributed by atoms with Crippen molar-refractivity contribution in [2.45, 2.75) is 56.7 Å². The average molecular weight is 979 g/mol. The number of piperazine rings is 1. The van der Waals surface area contributed by atoms with Crippen molar-refractivity contribution in [1.82, 2.24) is 44.3 Å². The summed E-state index contributed by atoms with van der Waals surface area (Å²) in [5.74, 6) is -7.78. The van der Waals surface area contributed by atoms with Crippen molar-refractivity contribution in [3.8, 4) is 11.1 Å². The van der Waals surface area contributed by atoms with Crippen molar-refractivity contribution in [1.29, 1.82) is 0 Å². The first kappa shape index (κ1) is 45.3. The van der Waals surface area contributed by atoms with Gasteiger partial charge in [0, 0.05) is 92.2 Å². The van der Waals surface area contributed by atoms with Gasteiger partial charge in [0.1, 0.15) is 11.6 Å². The molecule has 3 saturated heterocycles. The van der Waals surface area contributed by atoms with Crippen molar-refractivity contribution in [2.24, 2.45) is 7.05 Å². The number of imide groups is 1. The minimum atomic E-state index is -3.36. The zero-order valence-electron chi connectivity index (χ0n) is 37.8. The smallest absolute Gasteiger partial charge is 0.329 e. The highest BCUT2D eigenvalue weighted by Crippen LogP contribution is 2.44. The molecule has 5 aliphatic heterocycles. The number of halogens is 4. The number of nitrogens with zero attached hydrogens (tertiary/aromatic N) is 10. The lowest BCUT2D eigenvalue weighted by molar-refractivity contribution is -0.136. The van der Waals surface area contributed by atoms with E-state index in [1.165, 1.54) is 42.9 Å². The molecule has 0 radical (unpaired) electrons. The summed E-state index contributed by atoms with van der Waals surface area (Å²) in [5.41, 5.74) is 3.94. The second-order valence-electron chi connectivity index (χ2n) is 18.3. The third kappa shape index (κ3) is 8.10. The number of hydrogen-bond acceptors (Lipinski definition) is 11. The quantitative estimate of drug-likeness (QED) is 0.163. The number of amides is 6. The van der Waals surface area contributed by atoms with E-state index < -0.39 is 59.8 Å². The molecule has 6 amide bonds. The van der Waals surface area contributed by atoms with Crippen LogP contribution in [0, 0.1) is 11.6 Å². The van der Waals surface area contributed by atoms with Crippen LogP contribution < -0.4 is 20.4 Å². The zero-order valence-corrected chi connectivity index (χ0v) is 38.7. The summed E-state index contributed by atoms with van der Waals surface area (Å²) in [6.45, 7) is 1.59. The van der Waals surface area contributed by atoms with E-state index in [9.17, 15) is 24.0 Å². The molecule has 1 unspecified atom stereocenters. The first-order chi connectivity index (χ1) is 33.7. The molecule has 0 spiro atoms. The summed E-state index contributed by atoms with van der Waals surface area (Å²) in [6.07, 6.45) is 4.78. The summed E-state index contributed by atoms with van der Waals surface area (Å²) in [6, 6.07) is 11.2. The first-order valence-corrected chi connectivity index (χ1v) is 24.0. The number of hydrogen-bond donors (Lipinski definition) is 2. The van der Waals surface area contributed by atoms with Crippen molar-refractivity contribution < 1.29 is 41.5 Å². The molecular formula is C48H46F4N12O5S. The van der Waals surface area contributed by atoms with Crippen molar-refractivity contribution in [3.63, 3.8) is 0 Å². The molecule has 3 aromatic carbocycles. The molecule has 2 N–H and O–H groups in total. The number of aromatic nitrogens is 5. The second-order valence-corrected chi connectivity index (χ2v) is 19.2. The summed E-state index contributed by atoms with van der Waals surface area (Å²) < 4.78 is 67.0. The van der Waals surface area contributed by atoms with Gasteiger partial charge < -0.3 is 19.3 Å². The molecule has 0 aliphatic carbocycles. The van der Waals surface area contributed by atoms with Crippen LogP contribution in [0.5, 0.6) is 0 Å². The van der Waals surface area contributed by atoms with E-state index in [2.05, 4.69) is 30.6 Å². The van der Waals surface area contributed by atoms with Gasteiger partial charge in [-0.2, -0.15) is 5.10 Å². The molecule has 6 aromatic rings. The minimum absolute atomic E-state index is 0.0376. The van der Waals surface area contributed by atoms with Crippen molar-refractivity contribution in [2.75, 3.05) is 67.5 Å². The molecule has 362 valence electrons. The van der Waals surface area contributed by atoms with Crippen LogP contribution in [-0.2, 0) is 40.9 Å². The molecule has 0 saturated carbocycles. The van der Waals surface area contributed by atoms with Crippen LogP contribution in [0.25, 0.3) is 22.0 Å². The standard InChI is InChI=1S/C48H46F4N12O5S/c1-58-38-22-31(36(50)21-32(38)43(57-58)63-13-9-39(65)55-47(63)69)34-8-12-59(25-48(34,51)52)24-40(66)61-16-14-60(15-17-61)29-6-4-27(5-7-29)28-19-30-33(35(49)20-28)23-64(45(30)68)42(44(67)56-46-53-10-18-70-46)41-37-3-2-11-62(37)26-54-41/h4-7,10,18-22,26,34,42H,2-3,8-9,11-17,23-25H2,1H3,(H,53,56,67)(H,55,65,69)/t34-,42?/m0/s1. The molecule has 5 aliphatic rings. The molecule has 0 bridgehead atoms. The number of alkyl halides is 2. The van der Waals surface area contributed by atoms with Crippen LogP contribution in [0.15, 0.2) is 66.4 Å². The third-order valence-electron chi connectivity index (χ3n) is 14.2. The Kier molecular flexibility index (Phi) is 11.4. The van der Waals surface area contributed by atoms with Gasteiger partial charge >= 0.3 is 6.03 Å². The van der Waals surface area contributed by atoms with Crippen LogP contribution in [-0.4, -0.2) is 127 Å². The number of aryl methyl sites for hydroxylation is 2. The Labute approximate surface area is 401 Å². The lowest BCUT2D eigenvalue weighted by Gasteiger charge is -2.40. The minimum Gasteiger partial charge on any atom is -0.368 e. The van der Waals surface area contributed by atoms with Crippen LogP contribution in [0.3, 0.4) is 0 Å². The zero-order chi connectivity index (χ0) is 48.6. The van der Waals surface area contributed by atoms with Crippen molar-refractivity contribution >= 4 is 68.5 Å². The fourth-order valence-corrected chi connectivity index (χ4v) is 11.1. The van der Waals surface area contributed by atoms with Gasteiger partial charge in [0.25, 0.3) is 17.7 Å². The Hall–Kier alpha value is -7.20. The number of carbonyl (C=O) groups is 5. The molecule has 3 aromatic heterocycles. The van der Waals surface area contributed by atoms with Crippen LogP contribution >= 0.6 is 11.3 Å². The summed E-state index contributed by atoms with van der Waals surface area (Å²) in [5, 5.41) is 11.7. The molecule has 2 atom stereocenters. The number of imidazole rings is 1. The van der Waals surface area contributed by atoms with E-state index in [1.807, 2.05) is 28.8 Å². The van der Waals surface area contributed by atoms with Gasteiger partial charge in [-0.25, -0.2) is 32.3 Å². The number of fused-ring (bicyclic) bond motifs is 3. The molecule has 70 heavy (non-hydrogen) atoms. The van der Waals surface area contributed by atoms with E-state index in [4.69, 9.17) is 0 Å². The normalized spacial score (nSPS) is 19.7. The first-order valence-electron chi connectivity index (χ1n) is 23.1. The van der Waals surface area contributed by atoms with Crippen molar-refractivity contribution in [3.05, 3.63) is 106 Å². The predicted octanol–water partition coefficient (Wildman–Crippen LogP) is 5.67. The lowest BCUT2D eigenvalue weighted by Crippen LogP contribution is -2.54. The van der Waals surface area contributed by atoms with Gasteiger partial charge in [0.05, 0.1) is 43.1 Å². The summed E-state index contributed by atoms with van der Waals surface area (Å²) in [7, 11) is 1.57. The largest absolute Gasteiger partial charge is 0.368 e. The molecular weight excluding hydrogens is 933 g/mol. The maximum Gasteiger partial charge on any atom is 0.329 e. The van der Waals surface area contributed by atoms with E-state index in [-0.39, 0.29) is 72.8 Å². The highest BCUT2D eigenvalue weighted by molar-refractivity contribution is 7.13. The number of piperidine rings is 1. The van der Waals surface area contributed by atoms with Gasteiger partial charge in [-0.15, -0.1) is 11.3 Å². The molecule has 11 rings (SSSR count). The predicted molar refractivity (Wildman–Crippen MR) is 249 cm³/mol. The van der Waals surface area contributed by atoms with E-state index >= 15 is 17.6 Å². The number of urea groups is 1. The van der Waals surface area contributed by atoms with Crippen LogP contribution in [0.1, 0.15) is 64.1 Å². The Morgan fingerprint density at radius 2 is 1.73 bits per heavy atom. The number of thiazole rings is 1. The Morgan fingerprint density at radius 3 is 2.47 bits per heavy atom. The molecule has 8 heterocycles. The fraction of sp³-hybridized carbons (Fsp3) is 0.375. The van der Waals surface area contributed by atoms with Gasteiger partial charge in [0.15, 0.2) is 17.0 Å². The number of nitrogens with one attached hydrogen (secondary N) is 2. The Balaban J connectivity index is 0.711. The number of rotatable bonds is 10. The Morgan fingerprint density at radius 1 is 0.929 bits per heavy atom. The fourth-order valence-electron chi connectivity index (χ4n) is 10.6. The maximum absolute atomic E-state index is 16.0. The van der Waals surface area contributed by atoms with E-state index in [0.717, 1.165) is 30.4 Å². The van der Waals surface area contributed by atoms with E-state index in [1.54, 1.807) is 35.9 Å². The maximum atomic E-state index is 16.0. The number of anilines is 3. The van der Waals surface area contributed by atoms with Gasteiger partial charge in [-0.1, -0.05) is 12.1 Å². The SMILES string of the molecule is Cn1nc(N2CCC(=O)NC2=O)c2cc(F)c([C@@H]3CCN(CC(=O)N4CCN(c5ccc(-c6cc(F)c7c(c6)C(=O)N(C(C(=O)Nc6nccs6)c6ncn8c6CCC8)C7)cc5)CC4)CC3(F)F)cc21. The number of benzene rings is 3. The van der Waals surface area contributed by atoms with Gasteiger partial charge in [0.2, 0.25) is 11.8 Å². The monoisotopic (exact) mass is 978 g/mol. The highest BCUT2D eigenvalue weighted by atomic mass is 32.1. The molecule has 3 fully saturated rings. The summed E-state index contributed by atoms with van der Waals surface area (Å²) >= 11 is 1.25.